The first-order chi connectivity index (χ1) is 15.9. The molecule has 0 atom stereocenters. The van der Waals surface area contributed by atoms with Crippen molar-refractivity contribution in [1.29, 1.82) is 0 Å². The highest BCUT2D eigenvalue weighted by atomic mass is 35.5. The van der Waals surface area contributed by atoms with Crippen LogP contribution in [-0.4, -0.2) is 23.2 Å². The molecule has 0 spiro atoms. The van der Waals surface area contributed by atoms with E-state index in [2.05, 4.69) is 0 Å². The Morgan fingerprint density at radius 3 is 2.52 bits per heavy atom. The normalized spacial score (nSPS) is 14.8. The third-order valence-electron chi connectivity index (χ3n) is 4.95. The zero-order chi connectivity index (χ0) is 23.4. The lowest BCUT2D eigenvalue weighted by molar-refractivity contribution is -0.123. The van der Waals surface area contributed by atoms with Crippen molar-refractivity contribution < 1.29 is 23.5 Å². The number of hydrogen-bond donors (Lipinski definition) is 0. The third-order valence-corrected chi connectivity index (χ3v) is 6.23. The van der Waals surface area contributed by atoms with Gasteiger partial charge in [0.05, 0.1) is 18.6 Å². The van der Waals surface area contributed by atoms with Gasteiger partial charge in [-0.15, -0.1) is 0 Å². The van der Waals surface area contributed by atoms with Crippen LogP contribution in [0.1, 0.15) is 16.7 Å². The minimum absolute atomic E-state index is 0.0838. The molecule has 0 radical (unpaired) electrons. The second-order valence-corrected chi connectivity index (χ2v) is 8.59. The summed E-state index contributed by atoms with van der Waals surface area (Å²) in [7, 11) is 1.53. The van der Waals surface area contributed by atoms with E-state index < -0.39 is 5.91 Å². The number of amides is 2. The van der Waals surface area contributed by atoms with Crippen molar-refractivity contribution in [1.82, 2.24) is 4.90 Å². The van der Waals surface area contributed by atoms with Crippen LogP contribution in [-0.2, 0) is 17.9 Å². The van der Waals surface area contributed by atoms with Gasteiger partial charge in [0.15, 0.2) is 11.5 Å². The Hall–Kier alpha value is -3.29. The molecule has 1 fully saturated rings. The van der Waals surface area contributed by atoms with Crippen LogP contribution in [0.4, 0.5) is 9.18 Å². The van der Waals surface area contributed by atoms with Crippen molar-refractivity contribution in [2.75, 3.05) is 7.11 Å². The molecule has 0 bridgehead atoms. The molecule has 0 aromatic heterocycles. The molecular weight excluding hydrogens is 465 g/mol. The Bertz CT molecular complexity index is 1230. The van der Waals surface area contributed by atoms with E-state index in [-0.39, 0.29) is 24.2 Å². The van der Waals surface area contributed by atoms with Gasteiger partial charge in [0.25, 0.3) is 11.1 Å². The number of methoxy groups -OCH3 is 1. The van der Waals surface area contributed by atoms with E-state index >= 15 is 0 Å². The molecule has 3 aromatic carbocycles. The maximum atomic E-state index is 13.1. The summed E-state index contributed by atoms with van der Waals surface area (Å²) >= 11 is 7.04. The highest BCUT2D eigenvalue weighted by molar-refractivity contribution is 8.18. The smallest absolute Gasteiger partial charge is 0.293 e. The highest BCUT2D eigenvalue weighted by Crippen LogP contribution is 2.35. The molecule has 5 nitrogen and oxygen atoms in total. The second-order valence-electron chi connectivity index (χ2n) is 7.18. The molecule has 1 aliphatic rings. The van der Waals surface area contributed by atoms with Gasteiger partial charge in [-0.3, -0.25) is 14.5 Å². The Kier molecular flexibility index (Phi) is 7.01. The van der Waals surface area contributed by atoms with Gasteiger partial charge in [-0.2, -0.15) is 0 Å². The van der Waals surface area contributed by atoms with Gasteiger partial charge in [-0.1, -0.05) is 48.0 Å². The fourth-order valence-corrected chi connectivity index (χ4v) is 4.25. The number of ether oxygens (including phenoxy) is 2. The number of hydrogen-bond acceptors (Lipinski definition) is 5. The van der Waals surface area contributed by atoms with Crippen LogP contribution < -0.4 is 9.47 Å². The van der Waals surface area contributed by atoms with Crippen molar-refractivity contribution in [2.24, 2.45) is 0 Å². The van der Waals surface area contributed by atoms with Gasteiger partial charge in [0.1, 0.15) is 12.4 Å². The van der Waals surface area contributed by atoms with Crippen molar-refractivity contribution in [3.63, 3.8) is 0 Å². The van der Waals surface area contributed by atoms with E-state index in [0.29, 0.717) is 32.6 Å². The van der Waals surface area contributed by atoms with Crippen molar-refractivity contribution >= 4 is 40.6 Å². The molecule has 2 amide bonds. The molecule has 0 saturated carbocycles. The predicted octanol–water partition coefficient (Wildman–Crippen LogP) is 6.30. The number of thioether (sulfide) groups is 1. The maximum Gasteiger partial charge on any atom is 0.293 e. The van der Waals surface area contributed by atoms with Crippen LogP contribution >= 0.6 is 23.4 Å². The first kappa shape index (κ1) is 22.9. The highest BCUT2D eigenvalue weighted by Gasteiger charge is 2.35. The van der Waals surface area contributed by atoms with Gasteiger partial charge in [0, 0.05) is 10.6 Å². The molecule has 1 saturated heterocycles. The molecule has 33 heavy (non-hydrogen) atoms. The lowest BCUT2D eigenvalue weighted by atomic mass is 10.1. The van der Waals surface area contributed by atoms with Crippen LogP contribution in [0.25, 0.3) is 6.08 Å². The van der Waals surface area contributed by atoms with Crippen LogP contribution in [0.3, 0.4) is 0 Å². The SMILES string of the molecule is COc1cc(/C=C2/SC(=O)N(Cc3ccc(F)cc3)C2=O)ccc1OCc1ccccc1Cl. The van der Waals surface area contributed by atoms with E-state index in [9.17, 15) is 14.0 Å². The van der Waals surface area contributed by atoms with E-state index in [4.69, 9.17) is 21.1 Å². The Morgan fingerprint density at radius 2 is 1.79 bits per heavy atom. The largest absolute Gasteiger partial charge is 0.493 e. The van der Waals surface area contributed by atoms with Crippen LogP contribution in [0.5, 0.6) is 11.5 Å². The summed E-state index contributed by atoms with van der Waals surface area (Å²) in [6, 6.07) is 18.4. The average molecular weight is 484 g/mol. The molecule has 168 valence electrons. The first-order valence-corrected chi connectivity index (χ1v) is 11.2. The summed E-state index contributed by atoms with van der Waals surface area (Å²) in [5.41, 5.74) is 2.20. The van der Waals surface area contributed by atoms with Crippen molar-refractivity contribution in [2.45, 2.75) is 13.2 Å². The Labute approximate surface area is 199 Å². The summed E-state index contributed by atoms with van der Waals surface area (Å²) < 4.78 is 24.4. The van der Waals surface area contributed by atoms with E-state index in [1.807, 2.05) is 18.2 Å². The molecule has 1 heterocycles. The lowest BCUT2D eigenvalue weighted by Crippen LogP contribution is -2.27. The molecule has 0 unspecified atom stereocenters. The summed E-state index contributed by atoms with van der Waals surface area (Å²) in [6.45, 7) is 0.359. The molecule has 3 aromatic rings. The maximum absolute atomic E-state index is 13.1. The number of carbonyl (C=O) groups is 2. The number of nitrogens with zero attached hydrogens (tertiary/aromatic N) is 1. The topological polar surface area (TPSA) is 55.8 Å². The molecular formula is C25H19ClFNO4S. The summed E-state index contributed by atoms with van der Waals surface area (Å²) in [5, 5.41) is 0.242. The Morgan fingerprint density at radius 1 is 1.03 bits per heavy atom. The fourth-order valence-electron chi connectivity index (χ4n) is 3.22. The fraction of sp³-hybridized carbons (Fsp3) is 0.120. The predicted molar refractivity (Wildman–Crippen MR) is 127 cm³/mol. The number of imide groups is 1. The third kappa shape index (κ3) is 5.38. The van der Waals surface area contributed by atoms with E-state index in [0.717, 1.165) is 22.2 Å². The molecule has 4 rings (SSSR count). The summed E-state index contributed by atoms with van der Waals surface area (Å²) in [4.78, 5) is 26.6. The first-order valence-electron chi connectivity index (χ1n) is 9.98. The molecule has 1 aliphatic heterocycles. The van der Waals surface area contributed by atoms with Gasteiger partial charge in [-0.05, 0) is 59.3 Å². The summed E-state index contributed by atoms with van der Waals surface area (Å²) in [6.07, 6.45) is 1.63. The quantitative estimate of drug-likeness (QED) is 0.369. The second kappa shape index (κ2) is 10.1. The summed E-state index contributed by atoms with van der Waals surface area (Å²) in [5.74, 6) is 0.244. The van der Waals surface area contributed by atoms with Gasteiger partial charge in [-0.25, -0.2) is 4.39 Å². The molecule has 0 aliphatic carbocycles. The van der Waals surface area contributed by atoms with Gasteiger partial charge >= 0.3 is 0 Å². The van der Waals surface area contributed by atoms with Crippen molar-refractivity contribution in [3.8, 4) is 11.5 Å². The molecule has 0 N–H and O–H groups in total. The monoisotopic (exact) mass is 483 g/mol. The number of halogens is 2. The minimum Gasteiger partial charge on any atom is -0.493 e. The standard InChI is InChI=1S/C25H19ClFNO4S/c1-31-22-12-17(8-11-21(22)32-15-18-4-2-3-5-20(18)26)13-23-24(29)28(25(30)33-23)14-16-6-9-19(27)10-7-16/h2-13H,14-15H2,1H3/b23-13+. The Balaban J connectivity index is 1.49. The van der Waals surface area contributed by atoms with Crippen LogP contribution in [0.15, 0.2) is 71.6 Å². The van der Waals surface area contributed by atoms with Crippen molar-refractivity contribution in [3.05, 3.63) is 99.2 Å². The number of carbonyl (C=O) groups excluding carboxylic acids is 2. The van der Waals surface area contributed by atoms with E-state index in [1.165, 1.54) is 19.2 Å². The zero-order valence-corrected chi connectivity index (χ0v) is 19.2. The lowest BCUT2D eigenvalue weighted by Gasteiger charge is -2.13. The number of rotatable bonds is 7. The van der Waals surface area contributed by atoms with Gasteiger partial charge < -0.3 is 9.47 Å². The number of benzene rings is 3. The van der Waals surface area contributed by atoms with E-state index in [1.54, 1.807) is 42.5 Å². The van der Waals surface area contributed by atoms with Crippen LogP contribution in [0.2, 0.25) is 5.02 Å². The minimum atomic E-state index is -0.396. The van der Waals surface area contributed by atoms with Crippen LogP contribution in [0, 0.1) is 5.82 Å². The average Bonchev–Trinajstić information content (AvgIpc) is 3.07. The van der Waals surface area contributed by atoms with Gasteiger partial charge in [0.2, 0.25) is 0 Å². The molecule has 8 heteroatoms. The zero-order valence-electron chi connectivity index (χ0n) is 17.6.